The van der Waals surface area contributed by atoms with Crippen LogP contribution in [0.15, 0.2) is 12.7 Å². The monoisotopic (exact) mass is 153 g/mol. The molecule has 1 rings (SSSR count). The Labute approximate surface area is 69.7 Å². The summed E-state index contributed by atoms with van der Waals surface area (Å²) < 4.78 is 0. The Morgan fingerprint density at radius 2 is 2.09 bits per heavy atom. The van der Waals surface area contributed by atoms with E-state index in [4.69, 9.17) is 5.73 Å². The fourth-order valence-electron chi connectivity index (χ4n) is 2.25. The van der Waals surface area contributed by atoms with Crippen molar-refractivity contribution in [3.63, 3.8) is 0 Å². The minimum Gasteiger partial charge on any atom is -0.324 e. The van der Waals surface area contributed by atoms with E-state index in [1.165, 1.54) is 32.1 Å². The van der Waals surface area contributed by atoms with Gasteiger partial charge in [-0.2, -0.15) is 0 Å². The van der Waals surface area contributed by atoms with Crippen molar-refractivity contribution >= 4 is 0 Å². The molecule has 0 spiro atoms. The van der Waals surface area contributed by atoms with Crippen molar-refractivity contribution in [1.29, 1.82) is 0 Å². The average molecular weight is 153 g/mol. The zero-order chi connectivity index (χ0) is 8.32. The minimum absolute atomic E-state index is 0.218. The van der Waals surface area contributed by atoms with Crippen LogP contribution in [0.4, 0.5) is 0 Å². The first-order valence-corrected chi connectivity index (χ1v) is 4.63. The van der Waals surface area contributed by atoms with Crippen molar-refractivity contribution in [2.75, 3.05) is 0 Å². The number of hydrogen-bond acceptors (Lipinski definition) is 1. The van der Waals surface area contributed by atoms with Crippen molar-refractivity contribution in [2.24, 2.45) is 11.1 Å². The molecular formula is C10H19N. The second-order valence-corrected chi connectivity index (χ2v) is 3.68. The lowest BCUT2D eigenvalue weighted by molar-refractivity contribution is 0.252. The van der Waals surface area contributed by atoms with Crippen molar-refractivity contribution in [3.05, 3.63) is 12.7 Å². The largest absolute Gasteiger partial charge is 0.324 e. The molecule has 0 aromatic carbocycles. The molecule has 64 valence electrons. The second kappa shape index (κ2) is 3.40. The predicted molar refractivity (Wildman–Crippen MR) is 49.4 cm³/mol. The molecule has 0 amide bonds. The topological polar surface area (TPSA) is 26.0 Å². The molecular weight excluding hydrogens is 134 g/mol. The Balaban J connectivity index is 2.65. The predicted octanol–water partition coefficient (Wildman–Crippen LogP) is 2.47. The Morgan fingerprint density at radius 3 is 2.45 bits per heavy atom. The summed E-state index contributed by atoms with van der Waals surface area (Å²) in [6.07, 6.45) is 8.44. The highest BCUT2D eigenvalue weighted by atomic mass is 14.7. The summed E-state index contributed by atoms with van der Waals surface area (Å²) in [7, 11) is 0. The third-order valence-electron chi connectivity index (χ3n) is 3.26. The van der Waals surface area contributed by atoms with Crippen LogP contribution in [0.1, 0.15) is 39.0 Å². The molecule has 1 unspecified atom stereocenters. The molecule has 0 bridgehead atoms. The van der Waals surface area contributed by atoms with Crippen molar-refractivity contribution in [1.82, 2.24) is 0 Å². The maximum absolute atomic E-state index is 6.01. The second-order valence-electron chi connectivity index (χ2n) is 3.68. The van der Waals surface area contributed by atoms with E-state index in [2.05, 4.69) is 13.5 Å². The van der Waals surface area contributed by atoms with Gasteiger partial charge in [0.1, 0.15) is 0 Å². The van der Waals surface area contributed by atoms with Gasteiger partial charge in [0.05, 0.1) is 0 Å². The van der Waals surface area contributed by atoms with Crippen LogP contribution in [0.5, 0.6) is 0 Å². The zero-order valence-electron chi connectivity index (χ0n) is 7.47. The van der Waals surface area contributed by atoms with E-state index in [-0.39, 0.29) is 6.04 Å². The molecule has 0 radical (unpaired) electrons. The lowest BCUT2D eigenvalue weighted by Crippen LogP contribution is -2.37. The van der Waals surface area contributed by atoms with Crippen molar-refractivity contribution < 1.29 is 0 Å². The molecule has 0 aliphatic heterocycles. The first-order valence-electron chi connectivity index (χ1n) is 4.63. The van der Waals surface area contributed by atoms with Crippen LogP contribution in [-0.4, -0.2) is 6.04 Å². The summed E-state index contributed by atoms with van der Waals surface area (Å²) in [5, 5.41) is 0. The standard InChI is InChI=1S/C10H19N/c1-3-9(11)10(4-2)7-5-6-8-10/h3,9H,1,4-8,11H2,2H3. The van der Waals surface area contributed by atoms with E-state index in [1.54, 1.807) is 0 Å². The molecule has 1 aliphatic carbocycles. The smallest absolute Gasteiger partial charge is 0.0278 e. The van der Waals surface area contributed by atoms with Crippen LogP contribution in [0.25, 0.3) is 0 Å². The van der Waals surface area contributed by atoms with Gasteiger partial charge in [-0.1, -0.05) is 25.8 Å². The molecule has 0 aromatic heterocycles. The van der Waals surface area contributed by atoms with Gasteiger partial charge in [0.2, 0.25) is 0 Å². The van der Waals surface area contributed by atoms with Crippen molar-refractivity contribution in [2.45, 2.75) is 45.1 Å². The zero-order valence-corrected chi connectivity index (χ0v) is 7.47. The van der Waals surface area contributed by atoms with Crippen LogP contribution in [0.2, 0.25) is 0 Å². The first-order chi connectivity index (χ1) is 5.25. The maximum atomic E-state index is 6.01. The molecule has 1 fully saturated rings. The molecule has 1 atom stereocenters. The summed E-state index contributed by atoms with van der Waals surface area (Å²) in [6.45, 7) is 6.02. The lowest BCUT2D eigenvalue weighted by atomic mass is 9.77. The van der Waals surface area contributed by atoms with Gasteiger partial charge in [0.25, 0.3) is 0 Å². The Bertz CT molecular complexity index is 134. The highest BCUT2D eigenvalue weighted by molar-refractivity contribution is 5.00. The van der Waals surface area contributed by atoms with Gasteiger partial charge in [0, 0.05) is 6.04 Å². The van der Waals surface area contributed by atoms with E-state index in [9.17, 15) is 0 Å². The summed E-state index contributed by atoms with van der Waals surface area (Å²) in [5.74, 6) is 0. The molecule has 1 aliphatic rings. The van der Waals surface area contributed by atoms with Gasteiger partial charge in [-0.15, -0.1) is 6.58 Å². The van der Waals surface area contributed by atoms with Crippen LogP contribution in [-0.2, 0) is 0 Å². The normalized spacial score (nSPS) is 24.9. The molecule has 0 heterocycles. The van der Waals surface area contributed by atoms with Gasteiger partial charge in [0.15, 0.2) is 0 Å². The molecule has 0 aromatic rings. The minimum atomic E-state index is 0.218. The van der Waals surface area contributed by atoms with Gasteiger partial charge in [-0.05, 0) is 24.7 Å². The van der Waals surface area contributed by atoms with Gasteiger partial charge in [-0.3, -0.25) is 0 Å². The van der Waals surface area contributed by atoms with Gasteiger partial charge >= 0.3 is 0 Å². The molecule has 1 heteroatoms. The van der Waals surface area contributed by atoms with E-state index in [1.807, 2.05) is 6.08 Å². The summed E-state index contributed by atoms with van der Waals surface area (Å²) in [4.78, 5) is 0. The Hall–Kier alpha value is -0.300. The number of hydrogen-bond donors (Lipinski definition) is 1. The quantitative estimate of drug-likeness (QED) is 0.619. The molecule has 1 nitrogen and oxygen atoms in total. The maximum Gasteiger partial charge on any atom is 0.0278 e. The first kappa shape index (κ1) is 8.79. The number of rotatable bonds is 3. The van der Waals surface area contributed by atoms with Crippen molar-refractivity contribution in [3.8, 4) is 0 Å². The highest BCUT2D eigenvalue weighted by Crippen LogP contribution is 2.43. The summed E-state index contributed by atoms with van der Waals surface area (Å²) in [6, 6.07) is 0.218. The van der Waals surface area contributed by atoms with Crippen LogP contribution in [0.3, 0.4) is 0 Å². The Morgan fingerprint density at radius 1 is 1.55 bits per heavy atom. The average Bonchev–Trinajstić information content (AvgIpc) is 2.52. The SMILES string of the molecule is C=CC(N)C1(CC)CCCC1. The van der Waals surface area contributed by atoms with Gasteiger partial charge in [-0.25, -0.2) is 0 Å². The molecule has 2 N–H and O–H groups in total. The Kier molecular flexibility index (Phi) is 2.72. The van der Waals surface area contributed by atoms with E-state index in [0.717, 1.165) is 0 Å². The lowest BCUT2D eigenvalue weighted by Gasteiger charge is -2.32. The van der Waals surface area contributed by atoms with E-state index >= 15 is 0 Å². The molecule has 0 saturated heterocycles. The summed E-state index contributed by atoms with van der Waals surface area (Å²) in [5.41, 5.74) is 6.41. The fraction of sp³-hybridized carbons (Fsp3) is 0.800. The van der Waals surface area contributed by atoms with Crippen LogP contribution >= 0.6 is 0 Å². The van der Waals surface area contributed by atoms with Crippen LogP contribution in [0, 0.1) is 5.41 Å². The van der Waals surface area contributed by atoms with E-state index in [0.29, 0.717) is 5.41 Å². The van der Waals surface area contributed by atoms with Gasteiger partial charge < -0.3 is 5.73 Å². The molecule has 1 saturated carbocycles. The number of nitrogens with two attached hydrogens (primary N) is 1. The highest BCUT2D eigenvalue weighted by Gasteiger charge is 2.35. The van der Waals surface area contributed by atoms with Crippen LogP contribution < -0.4 is 5.73 Å². The third kappa shape index (κ3) is 1.48. The summed E-state index contributed by atoms with van der Waals surface area (Å²) >= 11 is 0. The molecule has 11 heavy (non-hydrogen) atoms. The third-order valence-corrected chi connectivity index (χ3v) is 3.26. The fourth-order valence-corrected chi connectivity index (χ4v) is 2.25. The van der Waals surface area contributed by atoms with E-state index < -0.39 is 0 Å².